The molecule has 1 N–H and O–H groups in total. The van der Waals surface area contributed by atoms with Crippen LogP contribution in [0.2, 0.25) is 0 Å². The van der Waals surface area contributed by atoms with Crippen molar-refractivity contribution in [3.63, 3.8) is 0 Å². The summed E-state index contributed by atoms with van der Waals surface area (Å²) in [7, 11) is 0. The van der Waals surface area contributed by atoms with E-state index in [1.54, 1.807) is 0 Å². The van der Waals surface area contributed by atoms with Crippen molar-refractivity contribution < 1.29 is 27.5 Å². The predicted molar refractivity (Wildman–Crippen MR) is 24.3 cm³/mol. The van der Waals surface area contributed by atoms with E-state index in [0.717, 1.165) is 0 Å². The Labute approximate surface area is 75.5 Å². The smallest absolute Gasteiger partial charge is 0.401 e. The molecule has 7 heteroatoms. The summed E-state index contributed by atoms with van der Waals surface area (Å²) in [5.74, 6) is -7.72. The molecular formula is C3H2F4NaO2. The Kier molecular flexibility index (Phi) is 5.32. The van der Waals surface area contributed by atoms with Crippen LogP contribution in [0.4, 0.5) is 17.6 Å². The van der Waals surface area contributed by atoms with Crippen LogP contribution in [0.15, 0.2) is 0 Å². The minimum atomic E-state index is -4.92. The van der Waals surface area contributed by atoms with E-state index in [9.17, 15) is 22.4 Å². The van der Waals surface area contributed by atoms with Gasteiger partial charge in [0.25, 0.3) is 0 Å². The van der Waals surface area contributed by atoms with Crippen molar-refractivity contribution in [2.75, 3.05) is 0 Å². The standard InChI is InChI=1S/C3H2F4O2.Na/c4-1(5)3(6,7)2(8)9;/h1H,(H,8,9);. The van der Waals surface area contributed by atoms with E-state index in [1.165, 1.54) is 0 Å². The Bertz CT molecular complexity index is 126. The van der Waals surface area contributed by atoms with Gasteiger partial charge in [-0.05, 0) is 0 Å². The maximum absolute atomic E-state index is 11.3. The van der Waals surface area contributed by atoms with Crippen molar-refractivity contribution in [3.05, 3.63) is 0 Å². The van der Waals surface area contributed by atoms with Gasteiger partial charge in [0.15, 0.2) is 0 Å². The first-order valence-electron chi connectivity index (χ1n) is 1.78. The third-order valence-corrected chi connectivity index (χ3v) is 0.559. The van der Waals surface area contributed by atoms with Crippen molar-refractivity contribution in [2.24, 2.45) is 0 Å². The fraction of sp³-hybridized carbons (Fsp3) is 0.667. The van der Waals surface area contributed by atoms with Gasteiger partial charge in [-0.25, -0.2) is 13.6 Å². The number of carboxylic acids is 1. The van der Waals surface area contributed by atoms with Gasteiger partial charge in [-0.2, -0.15) is 8.78 Å². The second kappa shape index (κ2) is 4.15. The fourth-order valence-electron chi connectivity index (χ4n) is 0.0933. The summed E-state index contributed by atoms with van der Waals surface area (Å²) in [4.78, 5) is 9.23. The third-order valence-electron chi connectivity index (χ3n) is 0.559. The molecule has 0 aliphatic carbocycles. The van der Waals surface area contributed by atoms with Gasteiger partial charge < -0.3 is 5.11 Å². The van der Waals surface area contributed by atoms with Gasteiger partial charge in [0.2, 0.25) is 0 Å². The summed E-state index contributed by atoms with van der Waals surface area (Å²) in [5.41, 5.74) is 0. The van der Waals surface area contributed by atoms with Crippen LogP contribution in [0.1, 0.15) is 0 Å². The number of carbonyl (C=O) groups is 1. The Morgan fingerprint density at radius 2 is 1.70 bits per heavy atom. The third kappa shape index (κ3) is 2.85. The average Bonchev–Trinajstić information content (AvgIpc) is 1.65. The van der Waals surface area contributed by atoms with Crippen LogP contribution < -0.4 is 0 Å². The van der Waals surface area contributed by atoms with Crippen molar-refractivity contribution in [1.82, 2.24) is 0 Å². The molecule has 0 rings (SSSR count). The molecule has 0 spiro atoms. The minimum absolute atomic E-state index is 0. The van der Waals surface area contributed by atoms with Crippen LogP contribution in [0.3, 0.4) is 0 Å². The van der Waals surface area contributed by atoms with Crippen LogP contribution in [-0.2, 0) is 4.79 Å². The summed E-state index contributed by atoms with van der Waals surface area (Å²) in [6.45, 7) is 0. The van der Waals surface area contributed by atoms with Gasteiger partial charge >= 0.3 is 18.3 Å². The zero-order valence-corrected chi connectivity index (χ0v) is 6.94. The number of rotatable bonds is 2. The van der Waals surface area contributed by atoms with Crippen LogP contribution in [0, 0.1) is 0 Å². The van der Waals surface area contributed by atoms with E-state index in [4.69, 9.17) is 5.11 Å². The minimum Gasteiger partial charge on any atom is -0.477 e. The molecule has 1 radical (unpaired) electrons. The quantitative estimate of drug-likeness (QED) is 0.485. The number of alkyl halides is 4. The zero-order chi connectivity index (χ0) is 7.65. The molecule has 0 aromatic rings. The van der Waals surface area contributed by atoms with Crippen LogP contribution in [0.25, 0.3) is 0 Å². The van der Waals surface area contributed by atoms with Gasteiger partial charge in [0.1, 0.15) is 0 Å². The molecule has 0 amide bonds. The second-order valence-corrected chi connectivity index (χ2v) is 1.23. The number of hydrogen-bond donors (Lipinski definition) is 1. The van der Waals surface area contributed by atoms with Gasteiger partial charge in [-0.3, -0.25) is 0 Å². The molecule has 0 aromatic heterocycles. The fourth-order valence-corrected chi connectivity index (χ4v) is 0.0933. The molecule has 0 heterocycles. The molecule has 2 nitrogen and oxygen atoms in total. The van der Waals surface area contributed by atoms with Crippen LogP contribution in [0.5, 0.6) is 0 Å². The summed E-state index contributed by atoms with van der Waals surface area (Å²) in [6, 6.07) is 0. The molecule has 0 aliphatic heterocycles. The SMILES string of the molecule is O=C(O)C(F)(F)C(F)F.[Na]. The summed E-state index contributed by atoms with van der Waals surface area (Å²) in [6.07, 6.45) is -4.14. The Hall–Kier alpha value is 0.190. The van der Waals surface area contributed by atoms with Crippen molar-refractivity contribution in [3.8, 4) is 0 Å². The topological polar surface area (TPSA) is 37.3 Å². The molecular weight excluding hydrogens is 167 g/mol. The van der Waals surface area contributed by atoms with E-state index in [-0.39, 0.29) is 29.6 Å². The Morgan fingerprint density at radius 1 is 1.40 bits per heavy atom. The maximum atomic E-state index is 11.3. The summed E-state index contributed by atoms with van der Waals surface area (Å²) >= 11 is 0. The van der Waals surface area contributed by atoms with Crippen molar-refractivity contribution in [1.29, 1.82) is 0 Å². The second-order valence-electron chi connectivity index (χ2n) is 1.23. The summed E-state index contributed by atoms with van der Waals surface area (Å²) in [5, 5.41) is 7.38. The Morgan fingerprint density at radius 3 is 1.70 bits per heavy atom. The largest absolute Gasteiger partial charge is 0.477 e. The first-order chi connectivity index (χ1) is 3.89. The van der Waals surface area contributed by atoms with Crippen LogP contribution >= 0.6 is 0 Å². The molecule has 0 atom stereocenters. The number of carboxylic acid groups (broad SMARTS) is 1. The van der Waals surface area contributed by atoms with E-state index < -0.39 is 18.3 Å². The van der Waals surface area contributed by atoms with E-state index in [2.05, 4.69) is 0 Å². The molecule has 0 aromatic carbocycles. The molecule has 0 unspecified atom stereocenters. The van der Waals surface area contributed by atoms with Gasteiger partial charge in [-0.1, -0.05) is 0 Å². The maximum Gasteiger partial charge on any atom is 0.401 e. The molecule has 55 valence electrons. The number of aliphatic carboxylic acids is 1. The molecule has 0 saturated carbocycles. The molecule has 0 fully saturated rings. The van der Waals surface area contributed by atoms with Crippen LogP contribution in [-0.4, -0.2) is 53.0 Å². The monoisotopic (exact) mass is 169 g/mol. The van der Waals surface area contributed by atoms with E-state index >= 15 is 0 Å². The summed E-state index contributed by atoms with van der Waals surface area (Å²) < 4.78 is 44.5. The molecule has 0 saturated heterocycles. The Balaban J connectivity index is 0. The average molecular weight is 169 g/mol. The normalized spacial score (nSPS) is 10.9. The molecule has 0 aliphatic rings. The van der Waals surface area contributed by atoms with Gasteiger partial charge in [-0.15, -0.1) is 0 Å². The van der Waals surface area contributed by atoms with Gasteiger partial charge in [0.05, 0.1) is 0 Å². The number of halogens is 4. The van der Waals surface area contributed by atoms with E-state index in [0.29, 0.717) is 0 Å². The molecule has 10 heavy (non-hydrogen) atoms. The van der Waals surface area contributed by atoms with E-state index in [1.807, 2.05) is 0 Å². The number of hydrogen-bond acceptors (Lipinski definition) is 1. The predicted octanol–water partition coefficient (Wildman–Crippen LogP) is 0.591. The zero-order valence-electron chi connectivity index (χ0n) is 4.94. The van der Waals surface area contributed by atoms with Crippen molar-refractivity contribution in [2.45, 2.75) is 12.3 Å². The molecule has 0 bridgehead atoms. The van der Waals surface area contributed by atoms with Crippen molar-refractivity contribution >= 4 is 35.5 Å². The first-order valence-corrected chi connectivity index (χ1v) is 1.78. The first kappa shape index (κ1) is 12.8. The van der Waals surface area contributed by atoms with Gasteiger partial charge in [0, 0.05) is 29.6 Å².